The smallest absolute Gasteiger partial charge is 0.205 e. The van der Waals surface area contributed by atoms with Crippen LogP contribution in [0, 0.1) is 5.82 Å². The second kappa shape index (κ2) is 6.29. The zero-order chi connectivity index (χ0) is 16.4. The van der Waals surface area contributed by atoms with Crippen LogP contribution in [-0.2, 0) is 11.3 Å². The molecule has 0 saturated heterocycles. The molecule has 0 radical (unpaired) electrons. The Labute approximate surface area is 138 Å². The van der Waals surface area contributed by atoms with Gasteiger partial charge in [-0.2, -0.15) is 5.10 Å². The number of aromatic nitrogens is 2. The van der Waals surface area contributed by atoms with Crippen molar-refractivity contribution in [3.8, 4) is 0 Å². The number of hydrogen-bond donors (Lipinski definition) is 1. The van der Waals surface area contributed by atoms with Crippen molar-refractivity contribution in [1.29, 1.82) is 0 Å². The molecule has 1 fully saturated rings. The van der Waals surface area contributed by atoms with Gasteiger partial charge in [0.15, 0.2) is 5.82 Å². The van der Waals surface area contributed by atoms with Gasteiger partial charge in [-0.25, -0.2) is 9.37 Å². The lowest BCUT2D eigenvalue weighted by molar-refractivity contribution is 0.278. The molecular formula is C15H18FN5OS. The first-order chi connectivity index (χ1) is 11.0. The number of fused-ring (bicyclic) bond motifs is 1. The summed E-state index contributed by atoms with van der Waals surface area (Å²) in [6, 6.07) is 1.51. The summed E-state index contributed by atoms with van der Waals surface area (Å²) >= 11 is 1.44. The van der Waals surface area contributed by atoms with Crippen LogP contribution < -0.4 is 4.72 Å². The highest BCUT2D eigenvalue weighted by atomic mass is 32.2. The van der Waals surface area contributed by atoms with E-state index in [1.165, 1.54) is 24.2 Å². The Kier molecular flexibility index (Phi) is 4.36. The van der Waals surface area contributed by atoms with Crippen molar-refractivity contribution in [2.75, 3.05) is 0 Å². The summed E-state index contributed by atoms with van der Waals surface area (Å²) in [6.45, 7) is 7.27. The largest absolute Gasteiger partial charge is 0.472 e. The zero-order valence-corrected chi connectivity index (χ0v) is 13.9. The molecule has 0 aliphatic heterocycles. The lowest BCUT2D eigenvalue weighted by Gasteiger charge is -2.11. The number of imidazole rings is 1. The van der Waals surface area contributed by atoms with Crippen LogP contribution >= 0.6 is 11.9 Å². The molecule has 0 amide bonds. The first-order valence-corrected chi connectivity index (χ1v) is 8.05. The second-order valence-corrected chi connectivity index (χ2v) is 6.65. The molecule has 0 bridgehead atoms. The summed E-state index contributed by atoms with van der Waals surface area (Å²) in [6.07, 6.45) is 5.64. The molecule has 1 aliphatic rings. The highest BCUT2D eigenvalue weighted by Gasteiger charge is 2.37. The van der Waals surface area contributed by atoms with Crippen LogP contribution in [0.2, 0.25) is 0 Å². The van der Waals surface area contributed by atoms with Crippen LogP contribution in [-0.4, -0.2) is 27.5 Å². The Hall–Kier alpha value is -1.93. The van der Waals surface area contributed by atoms with E-state index in [4.69, 9.17) is 4.74 Å². The van der Waals surface area contributed by atoms with E-state index in [0.717, 1.165) is 17.7 Å². The van der Waals surface area contributed by atoms with Gasteiger partial charge in [-0.3, -0.25) is 9.12 Å². The minimum Gasteiger partial charge on any atom is -0.472 e. The predicted octanol–water partition coefficient (Wildman–Crippen LogP) is 3.17. The van der Waals surface area contributed by atoms with E-state index in [9.17, 15) is 4.39 Å². The molecule has 8 heteroatoms. The van der Waals surface area contributed by atoms with E-state index in [1.807, 2.05) is 6.20 Å². The first-order valence-electron chi connectivity index (χ1n) is 7.23. The number of rotatable bonds is 6. The van der Waals surface area contributed by atoms with Crippen molar-refractivity contribution in [3.63, 3.8) is 0 Å². The molecule has 23 heavy (non-hydrogen) atoms. The number of ether oxygens (including phenoxy) is 1. The molecule has 1 saturated carbocycles. The van der Waals surface area contributed by atoms with Crippen molar-refractivity contribution < 1.29 is 9.13 Å². The number of hydrogen-bond acceptors (Lipinski definition) is 6. The summed E-state index contributed by atoms with van der Waals surface area (Å²) in [7, 11) is 0. The third-order valence-corrected chi connectivity index (χ3v) is 4.73. The maximum absolute atomic E-state index is 14.2. The topological polar surface area (TPSA) is 63.3 Å². The molecule has 1 aliphatic carbocycles. The highest BCUT2D eigenvalue weighted by molar-refractivity contribution is 7.97. The van der Waals surface area contributed by atoms with Gasteiger partial charge in [0.25, 0.3) is 0 Å². The third-order valence-electron chi connectivity index (χ3n) is 3.68. The Bertz CT molecular complexity index is 769. The fourth-order valence-electron chi connectivity index (χ4n) is 2.01. The molecular weight excluding hydrogens is 317 g/mol. The van der Waals surface area contributed by atoms with E-state index < -0.39 is 0 Å². The molecule has 0 atom stereocenters. The number of halogens is 1. The van der Waals surface area contributed by atoms with Gasteiger partial charge in [0.1, 0.15) is 17.9 Å². The van der Waals surface area contributed by atoms with E-state index >= 15 is 0 Å². The molecule has 6 nitrogen and oxygen atoms in total. The maximum Gasteiger partial charge on any atom is 0.205 e. The SMILES string of the molecule is C=N/N=C(/C)OCc1ncc2c(F)cc(SNC3(C)CC3)cn12. The normalized spacial score (nSPS) is 16.6. The fraction of sp³-hybridized carbons (Fsp3) is 0.400. The average molecular weight is 335 g/mol. The molecule has 0 aromatic carbocycles. The molecule has 3 rings (SSSR count). The summed E-state index contributed by atoms with van der Waals surface area (Å²) in [5.41, 5.74) is 0.587. The molecule has 1 N–H and O–H groups in total. The molecule has 2 aromatic heterocycles. The van der Waals surface area contributed by atoms with Gasteiger partial charge < -0.3 is 4.74 Å². The van der Waals surface area contributed by atoms with Crippen LogP contribution in [0.25, 0.3) is 5.52 Å². The Morgan fingerprint density at radius 2 is 2.39 bits per heavy atom. The van der Waals surface area contributed by atoms with Crippen molar-refractivity contribution >= 4 is 30.1 Å². The summed E-state index contributed by atoms with van der Waals surface area (Å²) in [4.78, 5) is 5.01. The summed E-state index contributed by atoms with van der Waals surface area (Å²) < 4.78 is 24.7. The van der Waals surface area contributed by atoms with Crippen molar-refractivity contribution in [2.45, 2.75) is 43.7 Å². The number of pyridine rings is 1. The maximum atomic E-state index is 14.2. The first kappa shape index (κ1) is 15.9. The zero-order valence-electron chi connectivity index (χ0n) is 13.0. The van der Waals surface area contributed by atoms with Crippen LogP contribution in [0.15, 0.2) is 33.6 Å². The predicted molar refractivity (Wildman–Crippen MR) is 89.2 cm³/mol. The van der Waals surface area contributed by atoms with Gasteiger partial charge >= 0.3 is 0 Å². The van der Waals surface area contributed by atoms with Crippen LogP contribution in [0.4, 0.5) is 4.39 Å². The van der Waals surface area contributed by atoms with Crippen molar-refractivity contribution in [1.82, 2.24) is 14.1 Å². The van der Waals surface area contributed by atoms with Gasteiger partial charge in [-0.05, 0) is 37.8 Å². The minimum atomic E-state index is -0.311. The second-order valence-electron chi connectivity index (χ2n) is 5.77. The van der Waals surface area contributed by atoms with Crippen LogP contribution in [0.5, 0.6) is 0 Å². The van der Waals surface area contributed by atoms with Crippen molar-refractivity contribution in [3.05, 3.63) is 30.1 Å². The lowest BCUT2D eigenvalue weighted by Crippen LogP contribution is -2.20. The number of nitrogens with zero attached hydrogens (tertiary/aromatic N) is 4. The standard InChI is InChI=1S/C15H18FN5OS/c1-10(19-17-3)22-9-14-18-7-13-12(16)6-11(8-21(13)14)23-20-15(2)4-5-15/h6-8,20H,3-5,9H2,1-2H3/b19-10-. The molecule has 2 heterocycles. The Balaban J connectivity index is 1.80. The van der Waals surface area contributed by atoms with Gasteiger partial charge in [0, 0.05) is 30.3 Å². The Morgan fingerprint density at radius 1 is 1.61 bits per heavy atom. The monoisotopic (exact) mass is 335 g/mol. The molecule has 2 aromatic rings. The van der Waals surface area contributed by atoms with E-state index in [0.29, 0.717) is 17.2 Å². The van der Waals surface area contributed by atoms with Gasteiger partial charge in [-0.1, -0.05) is 0 Å². The average Bonchev–Trinajstić information content (AvgIpc) is 3.10. The van der Waals surface area contributed by atoms with Gasteiger partial charge in [0.2, 0.25) is 5.90 Å². The molecule has 0 unspecified atom stereocenters. The summed E-state index contributed by atoms with van der Waals surface area (Å²) in [5.74, 6) is 0.665. The molecule has 122 valence electrons. The summed E-state index contributed by atoms with van der Waals surface area (Å²) in [5, 5.41) is 7.08. The van der Waals surface area contributed by atoms with Gasteiger partial charge in [0.05, 0.1) is 6.20 Å². The van der Waals surface area contributed by atoms with Crippen LogP contribution in [0.1, 0.15) is 32.5 Å². The highest BCUT2D eigenvalue weighted by Crippen LogP contribution is 2.37. The molecule has 0 spiro atoms. The van der Waals surface area contributed by atoms with E-state index in [-0.39, 0.29) is 18.0 Å². The van der Waals surface area contributed by atoms with Crippen molar-refractivity contribution in [2.24, 2.45) is 10.2 Å². The minimum absolute atomic E-state index is 0.169. The Morgan fingerprint density at radius 3 is 3.09 bits per heavy atom. The van der Waals surface area contributed by atoms with Crippen LogP contribution in [0.3, 0.4) is 0 Å². The van der Waals surface area contributed by atoms with E-state index in [2.05, 4.69) is 33.6 Å². The number of nitrogens with one attached hydrogen (secondary N) is 1. The van der Waals surface area contributed by atoms with E-state index in [1.54, 1.807) is 11.3 Å². The lowest BCUT2D eigenvalue weighted by atomic mass is 10.4. The van der Waals surface area contributed by atoms with Gasteiger partial charge in [-0.15, -0.1) is 5.10 Å². The third kappa shape index (κ3) is 3.70. The fourth-order valence-corrected chi connectivity index (χ4v) is 2.90. The quantitative estimate of drug-likeness (QED) is 0.381.